The number of rotatable bonds is 6. The van der Waals surface area contributed by atoms with Crippen molar-refractivity contribution in [2.24, 2.45) is 0 Å². The number of nitrogens with zero attached hydrogens (tertiary/aromatic N) is 1. The van der Waals surface area contributed by atoms with Gasteiger partial charge in [-0.3, -0.25) is 0 Å². The molecule has 1 saturated heterocycles. The predicted molar refractivity (Wildman–Crippen MR) is 80.1 cm³/mol. The predicted octanol–water partition coefficient (Wildman–Crippen LogP) is 2.82. The molecule has 0 radical (unpaired) electrons. The van der Waals surface area contributed by atoms with Gasteiger partial charge in [0.1, 0.15) is 5.75 Å². The van der Waals surface area contributed by atoms with Gasteiger partial charge in [-0.05, 0) is 49.8 Å². The van der Waals surface area contributed by atoms with Crippen molar-refractivity contribution in [2.45, 2.75) is 32.1 Å². The number of methoxy groups -OCH3 is 1. The minimum absolute atomic E-state index is 0.104. The lowest BCUT2D eigenvalue weighted by Crippen LogP contribution is -2.38. The normalized spacial score (nSPS) is 14.3. The highest BCUT2D eigenvalue weighted by Crippen LogP contribution is 2.13. The number of benzene rings is 1. The fourth-order valence-electron chi connectivity index (χ4n) is 2.47. The molecule has 1 heterocycles. The van der Waals surface area contributed by atoms with Crippen LogP contribution in [0.3, 0.4) is 0 Å². The monoisotopic (exact) mass is 276 g/mol. The fourth-order valence-corrected chi connectivity index (χ4v) is 2.47. The summed E-state index contributed by atoms with van der Waals surface area (Å²) < 4.78 is 5.14. The summed E-state index contributed by atoms with van der Waals surface area (Å²) in [6.45, 7) is 2.60. The molecule has 1 aliphatic rings. The van der Waals surface area contributed by atoms with Gasteiger partial charge >= 0.3 is 6.03 Å². The molecule has 0 bridgehead atoms. The molecule has 0 aromatic heterocycles. The molecular formula is C16H24N2O2. The van der Waals surface area contributed by atoms with Crippen molar-refractivity contribution in [3.63, 3.8) is 0 Å². The standard InChI is InChI=1S/C16H24N2O2/c1-20-15-9-7-14(8-10-15)6-2-3-11-17-16(19)18-12-4-5-13-18/h7-10H,2-6,11-13H2,1H3,(H,17,19). The van der Waals surface area contributed by atoms with Crippen molar-refractivity contribution < 1.29 is 9.53 Å². The van der Waals surface area contributed by atoms with Gasteiger partial charge in [0.05, 0.1) is 7.11 Å². The Morgan fingerprint density at radius 3 is 2.55 bits per heavy atom. The van der Waals surface area contributed by atoms with Gasteiger partial charge in [-0.15, -0.1) is 0 Å². The summed E-state index contributed by atoms with van der Waals surface area (Å²) in [5.41, 5.74) is 1.32. The van der Waals surface area contributed by atoms with E-state index in [9.17, 15) is 4.79 Å². The zero-order chi connectivity index (χ0) is 14.2. The van der Waals surface area contributed by atoms with E-state index in [0.717, 1.165) is 57.5 Å². The molecule has 1 N–H and O–H groups in total. The second kappa shape index (κ2) is 7.78. The molecule has 2 amide bonds. The average molecular weight is 276 g/mol. The Hall–Kier alpha value is -1.71. The first-order valence-corrected chi connectivity index (χ1v) is 7.45. The second-order valence-corrected chi connectivity index (χ2v) is 5.23. The van der Waals surface area contributed by atoms with E-state index >= 15 is 0 Å². The number of hydrogen-bond donors (Lipinski definition) is 1. The van der Waals surface area contributed by atoms with Gasteiger partial charge in [0.15, 0.2) is 0 Å². The van der Waals surface area contributed by atoms with Gasteiger partial charge in [0, 0.05) is 19.6 Å². The van der Waals surface area contributed by atoms with E-state index in [4.69, 9.17) is 4.74 Å². The molecule has 1 aromatic carbocycles. The van der Waals surface area contributed by atoms with Crippen molar-refractivity contribution in [3.05, 3.63) is 29.8 Å². The molecule has 1 fully saturated rings. The van der Waals surface area contributed by atoms with Gasteiger partial charge in [0.25, 0.3) is 0 Å². The number of carbonyl (C=O) groups is 1. The van der Waals surface area contributed by atoms with Crippen LogP contribution in [-0.2, 0) is 6.42 Å². The highest BCUT2D eigenvalue weighted by molar-refractivity contribution is 5.74. The molecule has 1 aliphatic heterocycles. The third-order valence-corrected chi connectivity index (χ3v) is 3.72. The molecule has 4 heteroatoms. The van der Waals surface area contributed by atoms with Crippen LogP contribution in [-0.4, -0.2) is 37.7 Å². The molecular weight excluding hydrogens is 252 g/mol. The largest absolute Gasteiger partial charge is 0.497 e. The van der Waals surface area contributed by atoms with Crippen LogP contribution < -0.4 is 10.1 Å². The minimum Gasteiger partial charge on any atom is -0.497 e. The average Bonchev–Trinajstić information content (AvgIpc) is 3.01. The van der Waals surface area contributed by atoms with E-state index < -0.39 is 0 Å². The quantitative estimate of drug-likeness (QED) is 0.812. The topological polar surface area (TPSA) is 41.6 Å². The van der Waals surface area contributed by atoms with E-state index in [0.29, 0.717) is 0 Å². The van der Waals surface area contributed by atoms with E-state index in [1.165, 1.54) is 5.56 Å². The number of carbonyl (C=O) groups excluding carboxylic acids is 1. The molecule has 4 nitrogen and oxygen atoms in total. The van der Waals surface area contributed by atoms with Crippen LogP contribution in [0.2, 0.25) is 0 Å². The highest BCUT2D eigenvalue weighted by Gasteiger charge is 2.16. The summed E-state index contributed by atoms with van der Waals surface area (Å²) in [6, 6.07) is 8.28. The number of likely N-dealkylation sites (tertiary alicyclic amines) is 1. The van der Waals surface area contributed by atoms with Crippen LogP contribution >= 0.6 is 0 Å². The lowest BCUT2D eigenvalue weighted by atomic mass is 10.1. The van der Waals surface area contributed by atoms with Gasteiger partial charge in [0.2, 0.25) is 0 Å². The smallest absolute Gasteiger partial charge is 0.317 e. The molecule has 1 aromatic rings. The summed E-state index contributed by atoms with van der Waals surface area (Å²) in [5, 5.41) is 3.00. The maximum absolute atomic E-state index is 11.7. The maximum atomic E-state index is 11.7. The first-order valence-electron chi connectivity index (χ1n) is 7.45. The zero-order valence-corrected chi connectivity index (χ0v) is 12.2. The van der Waals surface area contributed by atoms with Gasteiger partial charge < -0.3 is 15.0 Å². The van der Waals surface area contributed by atoms with E-state index in [1.54, 1.807) is 7.11 Å². The summed E-state index contributed by atoms with van der Waals surface area (Å²) >= 11 is 0. The Bertz CT molecular complexity index is 411. The number of ether oxygens (including phenoxy) is 1. The summed E-state index contributed by atoms with van der Waals surface area (Å²) in [5.74, 6) is 0.895. The Kier molecular flexibility index (Phi) is 5.71. The highest BCUT2D eigenvalue weighted by atomic mass is 16.5. The third kappa shape index (κ3) is 4.44. The summed E-state index contributed by atoms with van der Waals surface area (Å²) in [6.07, 6.45) is 5.44. The number of nitrogens with one attached hydrogen (secondary N) is 1. The molecule has 2 rings (SSSR count). The van der Waals surface area contributed by atoms with Crippen LogP contribution in [0.5, 0.6) is 5.75 Å². The molecule has 0 saturated carbocycles. The third-order valence-electron chi connectivity index (χ3n) is 3.72. The van der Waals surface area contributed by atoms with E-state index in [2.05, 4.69) is 17.4 Å². The van der Waals surface area contributed by atoms with Crippen LogP contribution in [0, 0.1) is 0 Å². The van der Waals surface area contributed by atoms with E-state index in [1.807, 2.05) is 17.0 Å². The number of urea groups is 1. The second-order valence-electron chi connectivity index (χ2n) is 5.23. The molecule has 0 unspecified atom stereocenters. The molecule has 0 aliphatic carbocycles. The van der Waals surface area contributed by atoms with Crippen LogP contribution in [0.15, 0.2) is 24.3 Å². The molecule has 0 atom stereocenters. The molecule has 110 valence electrons. The first-order chi connectivity index (χ1) is 9.79. The van der Waals surface area contributed by atoms with Crippen LogP contribution in [0.25, 0.3) is 0 Å². The Balaban J connectivity index is 1.57. The number of amides is 2. The van der Waals surface area contributed by atoms with Crippen LogP contribution in [0.1, 0.15) is 31.2 Å². The lowest BCUT2D eigenvalue weighted by Gasteiger charge is -2.15. The van der Waals surface area contributed by atoms with Gasteiger partial charge in [-0.1, -0.05) is 12.1 Å². The maximum Gasteiger partial charge on any atom is 0.317 e. The first kappa shape index (κ1) is 14.7. The Morgan fingerprint density at radius 1 is 1.20 bits per heavy atom. The SMILES string of the molecule is COc1ccc(CCCCNC(=O)N2CCCC2)cc1. The van der Waals surface area contributed by atoms with Crippen LogP contribution in [0.4, 0.5) is 4.79 Å². The Morgan fingerprint density at radius 2 is 1.90 bits per heavy atom. The number of unbranched alkanes of at least 4 members (excludes halogenated alkanes) is 1. The Labute approximate surface area is 121 Å². The fraction of sp³-hybridized carbons (Fsp3) is 0.562. The molecule has 20 heavy (non-hydrogen) atoms. The summed E-state index contributed by atoms with van der Waals surface area (Å²) in [7, 11) is 1.68. The molecule has 0 spiro atoms. The zero-order valence-electron chi connectivity index (χ0n) is 12.2. The number of hydrogen-bond acceptors (Lipinski definition) is 2. The van der Waals surface area contributed by atoms with Gasteiger partial charge in [-0.2, -0.15) is 0 Å². The van der Waals surface area contributed by atoms with Crippen molar-refractivity contribution >= 4 is 6.03 Å². The summed E-state index contributed by atoms with van der Waals surface area (Å²) in [4.78, 5) is 13.7. The van der Waals surface area contributed by atoms with Crippen molar-refractivity contribution in [1.82, 2.24) is 10.2 Å². The minimum atomic E-state index is 0.104. The van der Waals surface area contributed by atoms with Gasteiger partial charge in [-0.25, -0.2) is 4.79 Å². The van der Waals surface area contributed by atoms with Crippen molar-refractivity contribution in [3.8, 4) is 5.75 Å². The number of aryl methyl sites for hydroxylation is 1. The van der Waals surface area contributed by atoms with Crippen molar-refractivity contribution in [2.75, 3.05) is 26.7 Å². The lowest BCUT2D eigenvalue weighted by molar-refractivity contribution is 0.208. The van der Waals surface area contributed by atoms with E-state index in [-0.39, 0.29) is 6.03 Å². The van der Waals surface area contributed by atoms with Crippen molar-refractivity contribution in [1.29, 1.82) is 0 Å².